The zero-order valence-corrected chi connectivity index (χ0v) is 13.5. The number of aliphatic imine (C=N–C) groups is 1. The van der Waals surface area contributed by atoms with E-state index in [4.69, 9.17) is 4.74 Å². The molecule has 0 radical (unpaired) electrons. The van der Waals surface area contributed by atoms with E-state index in [0.717, 1.165) is 51.9 Å². The van der Waals surface area contributed by atoms with Crippen LogP contribution in [0.1, 0.15) is 12.0 Å². The first kappa shape index (κ1) is 15.3. The van der Waals surface area contributed by atoms with Gasteiger partial charge in [0, 0.05) is 64.6 Å². The van der Waals surface area contributed by atoms with E-state index >= 15 is 0 Å². The fourth-order valence-corrected chi connectivity index (χ4v) is 3.25. The number of likely N-dealkylation sites (tertiary alicyclic amines) is 1. The molecule has 0 amide bonds. The third-order valence-corrected chi connectivity index (χ3v) is 4.45. The number of nitrogens with one attached hydrogen (secondary N) is 1. The molecule has 122 valence electrons. The molecule has 0 aliphatic carbocycles. The lowest BCUT2D eigenvalue weighted by molar-refractivity contribution is 0.0195. The lowest BCUT2D eigenvalue weighted by Gasteiger charge is -2.32. The molecule has 2 fully saturated rings. The van der Waals surface area contributed by atoms with Crippen molar-refractivity contribution in [1.82, 2.24) is 24.9 Å². The van der Waals surface area contributed by atoms with Crippen LogP contribution in [0.5, 0.6) is 0 Å². The second kappa shape index (κ2) is 7.11. The van der Waals surface area contributed by atoms with E-state index in [2.05, 4.69) is 25.2 Å². The first-order chi connectivity index (χ1) is 10.8. The standard InChI is InChI=1S/C15H26N6O/c1-16-15(17-9-13-10-18-19(2)11-13)21-4-3-14(12-21)20-5-7-22-8-6-20/h10-11,14H,3-9,12H2,1-2H3,(H,16,17). The van der Waals surface area contributed by atoms with Crippen molar-refractivity contribution in [1.29, 1.82) is 0 Å². The van der Waals surface area contributed by atoms with Crippen molar-refractivity contribution in [2.24, 2.45) is 12.0 Å². The average molecular weight is 306 g/mol. The summed E-state index contributed by atoms with van der Waals surface area (Å²) in [6.45, 7) is 6.72. The molecular weight excluding hydrogens is 280 g/mol. The van der Waals surface area contributed by atoms with Gasteiger partial charge in [-0.15, -0.1) is 0 Å². The number of aromatic nitrogens is 2. The zero-order chi connectivity index (χ0) is 15.4. The fourth-order valence-electron chi connectivity index (χ4n) is 3.25. The van der Waals surface area contributed by atoms with Crippen molar-refractivity contribution in [3.05, 3.63) is 18.0 Å². The molecule has 2 saturated heterocycles. The van der Waals surface area contributed by atoms with Gasteiger partial charge in [0.15, 0.2) is 5.96 Å². The summed E-state index contributed by atoms with van der Waals surface area (Å²) in [5, 5.41) is 7.64. The average Bonchev–Trinajstić information content (AvgIpc) is 3.18. The summed E-state index contributed by atoms with van der Waals surface area (Å²) in [5.74, 6) is 0.986. The van der Waals surface area contributed by atoms with E-state index in [1.54, 1.807) is 0 Å². The van der Waals surface area contributed by atoms with E-state index in [1.807, 2.05) is 31.2 Å². The molecule has 0 aromatic carbocycles. The van der Waals surface area contributed by atoms with Gasteiger partial charge in [-0.1, -0.05) is 0 Å². The van der Waals surface area contributed by atoms with E-state index in [0.29, 0.717) is 6.04 Å². The third-order valence-electron chi connectivity index (χ3n) is 4.45. The molecule has 0 spiro atoms. The first-order valence-electron chi connectivity index (χ1n) is 8.01. The highest BCUT2D eigenvalue weighted by Gasteiger charge is 2.30. The molecular formula is C15H26N6O. The molecule has 0 bridgehead atoms. The molecule has 2 aliphatic heterocycles. The van der Waals surface area contributed by atoms with Gasteiger partial charge in [0.2, 0.25) is 0 Å². The molecule has 22 heavy (non-hydrogen) atoms. The Bertz CT molecular complexity index is 508. The largest absolute Gasteiger partial charge is 0.379 e. The van der Waals surface area contributed by atoms with Crippen LogP contribution < -0.4 is 5.32 Å². The van der Waals surface area contributed by atoms with Crippen molar-refractivity contribution in [2.45, 2.75) is 19.0 Å². The minimum Gasteiger partial charge on any atom is -0.379 e. The molecule has 1 N–H and O–H groups in total. The quantitative estimate of drug-likeness (QED) is 0.624. The van der Waals surface area contributed by atoms with Crippen LogP contribution in [-0.2, 0) is 18.3 Å². The Morgan fingerprint density at radius 1 is 1.41 bits per heavy atom. The number of aryl methyl sites for hydroxylation is 1. The fraction of sp³-hybridized carbons (Fsp3) is 0.733. The highest BCUT2D eigenvalue weighted by Crippen LogP contribution is 2.17. The minimum atomic E-state index is 0.626. The van der Waals surface area contributed by atoms with Crippen LogP contribution >= 0.6 is 0 Å². The maximum atomic E-state index is 5.45. The van der Waals surface area contributed by atoms with Crippen molar-refractivity contribution in [2.75, 3.05) is 46.4 Å². The molecule has 1 atom stereocenters. The number of rotatable bonds is 3. The molecule has 0 saturated carbocycles. The highest BCUT2D eigenvalue weighted by atomic mass is 16.5. The molecule has 2 aliphatic rings. The van der Waals surface area contributed by atoms with Crippen molar-refractivity contribution < 1.29 is 4.74 Å². The Balaban J connectivity index is 1.51. The number of guanidine groups is 1. The van der Waals surface area contributed by atoms with Gasteiger partial charge in [-0.25, -0.2) is 0 Å². The monoisotopic (exact) mass is 306 g/mol. The van der Waals surface area contributed by atoms with Gasteiger partial charge < -0.3 is 15.0 Å². The summed E-state index contributed by atoms with van der Waals surface area (Å²) >= 11 is 0. The van der Waals surface area contributed by atoms with Crippen LogP contribution in [0.3, 0.4) is 0 Å². The second-order valence-corrected chi connectivity index (χ2v) is 5.96. The molecule has 1 unspecified atom stereocenters. The van der Waals surface area contributed by atoms with Crippen LogP contribution in [0.4, 0.5) is 0 Å². The van der Waals surface area contributed by atoms with Gasteiger partial charge in [-0.2, -0.15) is 5.10 Å². The van der Waals surface area contributed by atoms with E-state index < -0.39 is 0 Å². The van der Waals surface area contributed by atoms with Gasteiger partial charge in [-0.05, 0) is 6.42 Å². The van der Waals surface area contributed by atoms with Crippen LogP contribution in [0, 0.1) is 0 Å². The number of nitrogens with zero attached hydrogens (tertiary/aromatic N) is 5. The number of morpholine rings is 1. The van der Waals surface area contributed by atoms with Gasteiger partial charge in [0.1, 0.15) is 0 Å². The Morgan fingerprint density at radius 2 is 2.23 bits per heavy atom. The molecule has 3 rings (SSSR count). The molecule has 3 heterocycles. The maximum Gasteiger partial charge on any atom is 0.193 e. The molecule has 7 nitrogen and oxygen atoms in total. The Morgan fingerprint density at radius 3 is 2.91 bits per heavy atom. The van der Waals surface area contributed by atoms with E-state index in [9.17, 15) is 0 Å². The Labute approximate surface area is 131 Å². The zero-order valence-electron chi connectivity index (χ0n) is 13.5. The smallest absolute Gasteiger partial charge is 0.193 e. The Hall–Kier alpha value is -1.60. The molecule has 7 heteroatoms. The SMILES string of the molecule is CN=C(NCc1cnn(C)c1)N1CCC(N2CCOCC2)C1. The summed E-state index contributed by atoms with van der Waals surface area (Å²) in [6, 6.07) is 0.626. The first-order valence-corrected chi connectivity index (χ1v) is 8.01. The van der Waals surface area contributed by atoms with Crippen molar-refractivity contribution in [3.8, 4) is 0 Å². The summed E-state index contributed by atoms with van der Waals surface area (Å²) in [5.41, 5.74) is 1.17. The predicted octanol–water partition coefficient (Wildman–Crippen LogP) is -0.0980. The van der Waals surface area contributed by atoms with E-state index in [1.165, 1.54) is 12.0 Å². The molecule has 1 aromatic heterocycles. The van der Waals surface area contributed by atoms with Gasteiger partial charge in [0.05, 0.1) is 19.4 Å². The normalized spacial score (nSPS) is 24.0. The third kappa shape index (κ3) is 3.59. The van der Waals surface area contributed by atoms with Crippen LogP contribution in [0.2, 0.25) is 0 Å². The predicted molar refractivity (Wildman–Crippen MR) is 85.8 cm³/mol. The summed E-state index contributed by atoms with van der Waals surface area (Å²) in [4.78, 5) is 9.34. The topological polar surface area (TPSA) is 57.9 Å². The minimum absolute atomic E-state index is 0.626. The summed E-state index contributed by atoms with van der Waals surface area (Å²) in [6.07, 6.45) is 5.12. The summed E-state index contributed by atoms with van der Waals surface area (Å²) in [7, 11) is 3.79. The molecule has 1 aromatic rings. The van der Waals surface area contributed by atoms with Crippen LogP contribution in [-0.4, -0.2) is 78.0 Å². The maximum absolute atomic E-state index is 5.45. The van der Waals surface area contributed by atoms with Gasteiger partial charge >= 0.3 is 0 Å². The van der Waals surface area contributed by atoms with Crippen molar-refractivity contribution >= 4 is 5.96 Å². The number of ether oxygens (including phenoxy) is 1. The van der Waals surface area contributed by atoms with Crippen LogP contribution in [0.15, 0.2) is 17.4 Å². The Kier molecular flexibility index (Phi) is 4.94. The van der Waals surface area contributed by atoms with Gasteiger partial charge in [0.25, 0.3) is 0 Å². The lowest BCUT2D eigenvalue weighted by atomic mass is 10.2. The van der Waals surface area contributed by atoms with Crippen molar-refractivity contribution in [3.63, 3.8) is 0 Å². The second-order valence-electron chi connectivity index (χ2n) is 5.96. The lowest BCUT2D eigenvalue weighted by Crippen LogP contribution is -2.46. The van der Waals surface area contributed by atoms with Gasteiger partial charge in [-0.3, -0.25) is 14.6 Å². The number of hydrogen-bond acceptors (Lipinski definition) is 4. The summed E-state index contributed by atoms with van der Waals surface area (Å²) < 4.78 is 7.27. The highest BCUT2D eigenvalue weighted by molar-refractivity contribution is 5.80. The number of hydrogen-bond donors (Lipinski definition) is 1. The van der Waals surface area contributed by atoms with E-state index in [-0.39, 0.29) is 0 Å². The van der Waals surface area contributed by atoms with Crippen LogP contribution in [0.25, 0.3) is 0 Å².